The lowest BCUT2D eigenvalue weighted by Crippen LogP contribution is -2.25. The summed E-state index contributed by atoms with van der Waals surface area (Å²) in [4.78, 5) is 0. The second-order valence-electron chi connectivity index (χ2n) is 18.1. The van der Waals surface area contributed by atoms with Gasteiger partial charge in [-0.25, -0.2) is 0 Å². The molecule has 8 aromatic carbocycles. The minimum absolute atomic E-state index is 0.117. The molecule has 2 atom stereocenters. The van der Waals surface area contributed by atoms with Gasteiger partial charge in [0.25, 0.3) is 0 Å². The van der Waals surface area contributed by atoms with Gasteiger partial charge in [0.2, 0.25) is 0 Å². The highest BCUT2D eigenvalue weighted by Crippen LogP contribution is 2.39. The molecule has 2 aliphatic heterocycles. The maximum Gasteiger partial charge on any atom is 0.125 e. The molecule has 2 unspecified atom stereocenters. The molecular formula is C57H56O7. The molecule has 2 fully saturated rings. The van der Waals surface area contributed by atoms with Gasteiger partial charge in [0.05, 0.1) is 13.2 Å². The molecule has 0 aliphatic carbocycles. The van der Waals surface area contributed by atoms with Gasteiger partial charge in [-0.1, -0.05) is 48.5 Å². The van der Waals surface area contributed by atoms with Crippen LogP contribution >= 0.6 is 0 Å². The number of epoxide rings is 2. The van der Waals surface area contributed by atoms with Crippen LogP contribution in [0.25, 0.3) is 65.3 Å². The Kier molecular flexibility index (Phi) is 11.0. The number of fused-ring (bicyclic) bond motifs is 4. The largest absolute Gasteiger partial charge is 0.490 e. The Morgan fingerprint density at radius 3 is 0.953 bits per heavy atom. The SMILES string of the molecule is Cc1cc2cc(-c3ccc4c(C)c(OCC5CO5)c(C)cc4c3)ccc2c(C)c1OCC(O)COc1c(C)cc2cc(-c3ccc4c(C)c(OCC5CO5)c(C)cc4c3)ccc2c1C. The molecule has 7 nitrogen and oxygen atoms in total. The maximum atomic E-state index is 11.2. The van der Waals surface area contributed by atoms with Gasteiger partial charge in [-0.05, 0) is 214 Å². The van der Waals surface area contributed by atoms with E-state index in [4.69, 9.17) is 28.4 Å². The lowest BCUT2D eigenvalue weighted by molar-refractivity contribution is 0.0618. The molecule has 7 heteroatoms. The number of benzene rings is 8. The number of aryl methyl sites for hydroxylation is 8. The smallest absolute Gasteiger partial charge is 0.125 e. The van der Waals surface area contributed by atoms with E-state index in [0.717, 1.165) is 113 Å². The van der Waals surface area contributed by atoms with Gasteiger partial charge in [0, 0.05) is 0 Å². The summed E-state index contributed by atoms with van der Waals surface area (Å²) in [5.74, 6) is 3.51. The minimum Gasteiger partial charge on any atom is -0.490 e. The zero-order valence-corrected chi connectivity index (χ0v) is 38.1. The van der Waals surface area contributed by atoms with Gasteiger partial charge in [0.1, 0.15) is 67.7 Å². The van der Waals surface area contributed by atoms with Crippen LogP contribution in [0.4, 0.5) is 0 Å². The van der Waals surface area contributed by atoms with Gasteiger partial charge >= 0.3 is 0 Å². The van der Waals surface area contributed by atoms with Crippen molar-refractivity contribution >= 4 is 43.1 Å². The summed E-state index contributed by atoms with van der Waals surface area (Å²) >= 11 is 0. The van der Waals surface area contributed by atoms with Crippen molar-refractivity contribution in [3.63, 3.8) is 0 Å². The molecule has 0 spiro atoms. The maximum absolute atomic E-state index is 11.2. The van der Waals surface area contributed by atoms with Gasteiger partial charge < -0.3 is 33.5 Å². The molecule has 2 saturated heterocycles. The Morgan fingerprint density at radius 2 is 0.688 bits per heavy atom. The summed E-state index contributed by atoms with van der Waals surface area (Å²) in [5.41, 5.74) is 13.4. The fourth-order valence-electron chi connectivity index (χ4n) is 9.66. The third-order valence-electron chi connectivity index (χ3n) is 13.2. The lowest BCUT2D eigenvalue weighted by atomic mass is 9.94. The molecule has 0 amide bonds. The van der Waals surface area contributed by atoms with Crippen LogP contribution in [-0.2, 0) is 9.47 Å². The van der Waals surface area contributed by atoms with Crippen LogP contribution in [0.3, 0.4) is 0 Å². The molecule has 2 aliphatic rings. The third-order valence-corrected chi connectivity index (χ3v) is 13.2. The van der Waals surface area contributed by atoms with Crippen molar-refractivity contribution in [2.24, 2.45) is 0 Å². The Morgan fingerprint density at radius 1 is 0.422 bits per heavy atom. The molecule has 8 aromatic rings. The topological polar surface area (TPSA) is 82.2 Å². The number of rotatable bonds is 14. The molecule has 64 heavy (non-hydrogen) atoms. The predicted molar refractivity (Wildman–Crippen MR) is 259 cm³/mol. The highest BCUT2D eigenvalue weighted by atomic mass is 16.6. The number of aliphatic hydroxyl groups excluding tert-OH is 1. The Labute approximate surface area is 375 Å². The van der Waals surface area contributed by atoms with E-state index in [-0.39, 0.29) is 25.4 Å². The molecule has 10 rings (SSSR count). The average Bonchev–Trinajstić information content (AvgIpc) is 4.22. The van der Waals surface area contributed by atoms with Crippen LogP contribution < -0.4 is 18.9 Å². The second-order valence-corrected chi connectivity index (χ2v) is 18.1. The Hall–Kier alpha value is -6.12. The molecule has 2 heterocycles. The van der Waals surface area contributed by atoms with Crippen molar-refractivity contribution < 1.29 is 33.5 Å². The number of ether oxygens (including phenoxy) is 6. The zero-order valence-electron chi connectivity index (χ0n) is 38.1. The van der Waals surface area contributed by atoms with Crippen molar-refractivity contribution in [2.75, 3.05) is 39.6 Å². The van der Waals surface area contributed by atoms with E-state index in [1.165, 1.54) is 32.7 Å². The monoisotopic (exact) mass is 852 g/mol. The van der Waals surface area contributed by atoms with E-state index >= 15 is 0 Å². The fraction of sp³-hybridized carbons (Fsp3) is 0.298. The average molecular weight is 853 g/mol. The predicted octanol–water partition coefficient (Wildman–Crippen LogP) is 12.5. The first-order valence-corrected chi connectivity index (χ1v) is 22.5. The first kappa shape index (κ1) is 41.9. The standard InChI is InChI=1S/C57H56O7/c1-31-17-43-21-39(41-11-15-52-37(7)56(63-29-48-27-59-48)33(3)19-45(52)23-41)9-13-50(43)35(5)54(31)61-25-47(58)26-62-55-32(2)18-44-22-40(10-14-51(44)36(55)6)42-12-16-53-38(8)57(64-30-49-28-60-49)34(4)20-46(53)24-42/h9-24,47-49,58H,25-30H2,1-8H3. The van der Waals surface area contributed by atoms with E-state index in [9.17, 15) is 5.11 Å². The molecule has 0 saturated carbocycles. The molecular weight excluding hydrogens is 797 g/mol. The van der Waals surface area contributed by atoms with E-state index in [1.54, 1.807) is 0 Å². The highest BCUT2D eigenvalue weighted by Gasteiger charge is 2.25. The van der Waals surface area contributed by atoms with Crippen LogP contribution in [0.1, 0.15) is 44.5 Å². The fourth-order valence-corrected chi connectivity index (χ4v) is 9.66. The van der Waals surface area contributed by atoms with Crippen molar-refractivity contribution in [2.45, 2.75) is 73.7 Å². The summed E-state index contributed by atoms with van der Waals surface area (Å²) in [6.07, 6.45) is -0.376. The molecule has 0 radical (unpaired) electrons. The van der Waals surface area contributed by atoms with Crippen LogP contribution in [0.2, 0.25) is 0 Å². The Bertz CT molecular complexity index is 2930. The summed E-state index contributed by atoms with van der Waals surface area (Å²) in [6, 6.07) is 35.4. The molecule has 1 N–H and O–H groups in total. The van der Waals surface area contributed by atoms with E-state index in [2.05, 4.69) is 152 Å². The minimum atomic E-state index is -0.821. The summed E-state index contributed by atoms with van der Waals surface area (Å²) in [7, 11) is 0. The number of aliphatic hydroxyl groups is 1. The van der Waals surface area contributed by atoms with E-state index in [0.29, 0.717) is 13.2 Å². The second kappa shape index (κ2) is 16.8. The first-order valence-electron chi connectivity index (χ1n) is 22.5. The molecule has 0 aromatic heterocycles. The molecule has 326 valence electrons. The van der Waals surface area contributed by atoms with Gasteiger partial charge in [0.15, 0.2) is 0 Å². The van der Waals surface area contributed by atoms with Crippen LogP contribution in [-0.4, -0.2) is 63.1 Å². The summed E-state index contributed by atoms with van der Waals surface area (Å²) < 4.78 is 35.7. The highest BCUT2D eigenvalue weighted by molar-refractivity contribution is 5.97. The molecule has 0 bridgehead atoms. The van der Waals surface area contributed by atoms with Crippen molar-refractivity contribution in [1.29, 1.82) is 0 Å². The first-order chi connectivity index (χ1) is 30.9. The van der Waals surface area contributed by atoms with Crippen LogP contribution in [0, 0.1) is 55.4 Å². The quantitative estimate of drug-likeness (QED) is 0.109. The van der Waals surface area contributed by atoms with Crippen LogP contribution in [0.5, 0.6) is 23.0 Å². The normalized spacial score (nSPS) is 16.1. The van der Waals surface area contributed by atoms with Crippen molar-refractivity contribution in [1.82, 2.24) is 0 Å². The van der Waals surface area contributed by atoms with E-state index < -0.39 is 6.10 Å². The zero-order chi connectivity index (χ0) is 44.4. The Balaban J connectivity index is 0.806. The van der Waals surface area contributed by atoms with Crippen molar-refractivity contribution in [3.8, 4) is 45.3 Å². The summed E-state index contributed by atoms with van der Waals surface area (Å²) in [6.45, 7) is 19.8. The van der Waals surface area contributed by atoms with Crippen LogP contribution in [0.15, 0.2) is 97.1 Å². The van der Waals surface area contributed by atoms with E-state index in [1.807, 2.05) is 0 Å². The van der Waals surface area contributed by atoms with Crippen molar-refractivity contribution in [3.05, 3.63) is 142 Å². The third kappa shape index (κ3) is 8.13. The number of hydrogen-bond acceptors (Lipinski definition) is 7. The summed E-state index contributed by atoms with van der Waals surface area (Å²) in [5, 5.41) is 20.5. The van der Waals surface area contributed by atoms with Gasteiger partial charge in [-0.3, -0.25) is 0 Å². The van der Waals surface area contributed by atoms with Gasteiger partial charge in [-0.15, -0.1) is 0 Å². The lowest BCUT2D eigenvalue weighted by Gasteiger charge is -2.20. The van der Waals surface area contributed by atoms with Gasteiger partial charge in [-0.2, -0.15) is 0 Å². The number of hydrogen-bond donors (Lipinski definition) is 1.